The molecular weight excluding hydrogens is 422 g/mol. The Kier molecular flexibility index (Phi) is 5.39. The van der Waals surface area contributed by atoms with E-state index in [9.17, 15) is 9.59 Å². The monoisotopic (exact) mass is 437 g/mol. The predicted molar refractivity (Wildman–Crippen MR) is 120 cm³/mol. The zero-order valence-corrected chi connectivity index (χ0v) is 17.4. The highest BCUT2D eigenvalue weighted by Crippen LogP contribution is 2.25. The van der Waals surface area contributed by atoms with Crippen LogP contribution in [0.3, 0.4) is 0 Å². The fraction of sp³-hybridized carbons (Fsp3) is 0.0455. The Morgan fingerprint density at radius 2 is 1.67 bits per heavy atom. The van der Waals surface area contributed by atoms with Crippen LogP contribution in [0.5, 0.6) is 5.75 Å². The van der Waals surface area contributed by atoms with Crippen LogP contribution < -0.4 is 15.0 Å². The summed E-state index contributed by atoms with van der Waals surface area (Å²) in [6.07, 6.45) is 3.40. The molecule has 1 aromatic heterocycles. The third-order valence-corrected chi connectivity index (χ3v) is 5.15. The molecule has 0 atom stereocenters. The maximum Gasteiger partial charge on any atom is 0.270 e. The number of aromatic nitrogens is 1. The second kappa shape index (κ2) is 8.14. The lowest BCUT2D eigenvalue weighted by Crippen LogP contribution is -2.54. The van der Waals surface area contributed by atoms with E-state index in [0.29, 0.717) is 16.4 Å². The van der Waals surface area contributed by atoms with Crippen molar-refractivity contribution in [1.82, 2.24) is 9.88 Å². The summed E-state index contributed by atoms with van der Waals surface area (Å²) >= 11 is 11.2. The molecule has 1 fully saturated rings. The van der Waals surface area contributed by atoms with Crippen molar-refractivity contribution in [2.45, 2.75) is 0 Å². The molecule has 6 nitrogen and oxygen atoms in total. The number of benzene rings is 2. The first-order valence-electron chi connectivity index (χ1n) is 8.97. The summed E-state index contributed by atoms with van der Waals surface area (Å²) in [5.74, 6) is -0.314. The molecule has 0 spiro atoms. The predicted octanol–water partition coefficient (Wildman–Crippen LogP) is 3.97. The van der Waals surface area contributed by atoms with Crippen molar-refractivity contribution in [2.24, 2.45) is 0 Å². The smallest absolute Gasteiger partial charge is 0.270 e. The average Bonchev–Trinajstić information content (AvgIpc) is 3.20. The van der Waals surface area contributed by atoms with Crippen molar-refractivity contribution < 1.29 is 14.3 Å². The number of carbonyl (C=O) groups excluding carboxylic acids is 2. The van der Waals surface area contributed by atoms with Gasteiger partial charge in [-0.15, -0.1) is 0 Å². The minimum Gasteiger partial charge on any atom is -0.497 e. The van der Waals surface area contributed by atoms with Gasteiger partial charge < -0.3 is 9.30 Å². The number of hydrogen-bond donors (Lipinski definition) is 1. The molecule has 0 radical (unpaired) electrons. The van der Waals surface area contributed by atoms with Crippen LogP contribution in [-0.2, 0) is 9.59 Å². The number of methoxy groups -OCH3 is 1. The molecule has 2 amide bonds. The normalized spacial score (nSPS) is 15.5. The molecule has 1 saturated heterocycles. The van der Waals surface area contributed by atoms with Gasteiger partial charge in [-0.25, -0.2) is 0 Å². The Bertz CT molecular complexity index is 1170. The molecule has 0 aliphatic carbocycles. The number of nitrogens with one attached hydrogen (secondary N) is 1. The van der Waals surface area contributed by atoms with Crippen molar-refractivity contribution >= 4 is 52.5 Å². The van der Waals surface area contributed by atoms with E-state index in [1.54, 1.807) is 37.5 Å². The Morgan fingerprint density at radius 3 is 2.33 bits per heavy atom. The number of rotatable bonds is 4. The summed E-state index contributed by atoms with van der Waals surface area (Å²) in [4.78, 5) is 27.0. The fourth-order valence-corrected chi connectivity index (χ4v) is 3.53. The zero-order chi connectivity index (χ0) is 21.3. The first kappa shape index (κ1) is 19.9. The largest absolute Gasteiger partial charge is 0.497 e. The van der Waals surface area contributed by atoms with Crippen molar-refractivity contribution in [3.8, 4) is 11.4 Å². The lowest BCUT2D eigenvalue weighted by Gasteiger charge is -2.29. The van der Waals surface area contributed by atoms with Crippen LogP contribution in [0, 0.1) is 0 Å². The summed E-state index contributed by atoms with van der Waals surface area (Å²) in [5, 5.41) is 3.14. The van der Waals surface area contributed by atoms with Gasteiger partial charge in [-0.3, -0.25) is 19.8 Å². The van der Waals surface area contributed by atoms with E-state index in [-0.39, 0.29) is 10.7 Å². The number of ether oxygens (including phenoxy) is 1. The lowest BCUT2D eigenvalue weighted by atomic mass is 10.1. The summed E-state index contributed by atoms with van der Waals surface area (Å²) in [5.41, 5.74) is 2.03. The Labute approximate surface area is 183 Å². The maximum atomic E-state index is 13.1. The highest BCUT2D eigenvalue weighted by atomic mass is 35.5. The van der Waals surface area contributed by atoms with E-state index >= 15 is 0 Å². The van der Waals surface area contributed by atoms with Gasteiger partial charge in [0.15, 0.2) is 5.11 Å². The minimum atomic E-state index is -0.544. The fourth-order valence-electron chi connectivity index (χ4n) is 3.12. The van der Waals surface area contributed by atoms with Gasteiger partial charge >= 0.3 is 0 Å². The van der Waals surface area contributed by atoms with Crippen molar-refractivity contribution in [1.29, 1.82) is 0 Å². The van der Waals surface area contributed by atoms with Gasteiger partial charge in [-0.1, -0.05) is 11.6 Å². The van der Waals surface area contributed by atoms with Crippen LogP contribution in [0.25, 0.3) is 11.8 Å². The van der Waals surface area contributed by atoms with Gasteiger partial charge in [-0.2, -0.15) is 0 Å². The zero-order valence-electron chi connectivity index (χ0n) is 15.8. The van der Waals surface area contributed by atoms with E-state index in [2.05, 4.69) is 5.32 Å². The summed E-state index contributed by atoms with van der Waals surface area (Å²) in [6.45, 7) is 0. The maximum absolute atomic E-state index is 13.1. The number of thiocarbonyl (C=S) groups is 1. The molecule has 8 heteroatoms. The standard InChI is InChI=1S/C22H16ClN3O3S/c1-29-18-10-8-15(9-11-18)25-12-2-3-17(25)13-19-20(27)24-22(30)26(21(19)28)16-6-4-14(23)5-7-16/h2-13H,1H3,(H,24,27,30)/b19-13+. The first-order chi connectivity index (χ1) is 14.5. The summed E-state index contributed by atoms with van der Waals surface area (Å²) < 4.78 is 7.06. The Morgan fingerprint density at radius 1 is 1.00 bits per heavy atom. The quantitative estimate of drug-likeness (QED) is 0.381. The van der Waals surface area contributed by atoms with Crippen LogP contribution in [0.1, 0.15) is 5.69 Å². The van der Waals surface area contributed by atoms with Gasteiger partial charge in [0.25, 0.3) is 11.8 Å². The average molecular weight is 438 g/mol. The lowest BCUT2D eigenvalue weighted by molar-refractivity contribution is -0.122. The van der Waals surface area contributed by atoms with Crippen molar-refractivity contribution in [3.63, 3.8) is 0 Å². The van der Waals surface area contributed by atoms with Crippen LogP contribution in [0.2, 0.25) is 5.02 Å². The van der Waals surface area contributed by atoms with Gasteiger partial charge in [0.1, 0.15) is 11.3 Å². The van der Waals surface area contributed by atoms with Crippen molar-refractivity contribution in [2.75, 3.05) is 12.0 Å². The molecule has 1 N–H and O–H groups in total. The van der Waals surface area contributed by atoms with Crippen LogP contribution >= 0.6 is 23.8 Å². The summed E-state index contributed by atoms with van der Waals surface area (Å²) in [7, 11) is 1.60. The third-order valence-electron chi connectivity index (χ3n) is 4.61. The number of nitrogens with zero attached hydrogens (tertiary/aromatic N) is 2. The van der Waals surface area contributed by atoms with Gasteiger partial charge in [0, 0.05) is 22.6 Å². The number of hydrogen-bond acceptors (Lipinski definition) is 4. The topological polar surface area (TPSA) is 63.6 Å². The highest BCUT2D eigenvalue weighted by molar-refractivity contribution is 7.80. The molecule has 1 aliphatic rings. The molecule has 2 heterocycles. The Balaban J connectivity index is 1.71. The highest BCUT2D eigenvalue weighted by Gasteiger charge is 2.34. The molecule has 0 unspecified atom stereocenters. The Hall–Kier alpha value is -3.42. The van der Waals surface area contributed by atoms with Crippen molar-refractivity contribution in [3.05, 3.63) is 83.2 Å². The number of carbonyl (C=O) groups is 2. The minimum absolute atomic E-state index is 0.0213. The SMILES string of the molecule is COc1ccc(-n2cccc2/C=C2\C(=O)NC(=S)N(c3ccc(Cl)cc3)C2=O)cc1. The molecule has 3 aromatic rings. The summed E-state index contributed by atoms with van der Waals surface area (Å²) in [6, 6.07) is 17.8. The van der Waals surface area contributed by atoms with E-state index in [1.165, 1.54) is 4.90 Å². The molecule has 0 saturated carbocycles. The number of halogens is 1. The van der Waals surface area contributed by atoms with Crippen LogP contribution in [0.4, 0.5) is 5.69 Å². The third kappa shape index (κ3) is 3.72. The van der Waals surface area contributed by atoms with E-state index < -0.39 is 11.8 Å². The van der Waals surface area contributed by atoms with Crippen LogP contribution in [-0.4, -0.2) is 28.6 Å². The molecule has 2 aromatic carbocycles. The van der Waals surface area contributed by atoms with Gasteiger partial charge in [-0.05, 0) is 79.0 Å². The number of anilines is 1. The first-order valence-corrected chi connectivity index (χ1v) is 9.75. The van der Waals surface area contributed by atoms with Crippen LogP contribution in [0.15, 0.2) is 72.4 Å². The second-order valence-corrected chi connectivity index (χ2v) is 7.26. The molecular formula is C22H16ClN3O3S. The molecule has 4 rings (SSSR count). The molecule has 0 bridgehead atoms. The van der Waals surface area contributed by atoms with Gasteiger partial charge in [0.2, 0.25) is 0 Å². The second-order valence-electron chi connectivity index (χ2n) is 6.44. The van der Waals surface area contributed by atoms with Gasteiger partial charge in [0.05, 0.1) is 12.8 Å². The van der Waals surface area contributed by atoms with E-state index in [4.69, 9.17) is 28.6 Å². The van der Waals surface area contributed by atoms with E-state index in [0.717, 1.165) is 11.4 Å². The molecule has 30 heavy (non-hydrogen) atoms. The molecule has 150 valence electrons. The van der Waals surface area contributed by atoms with E-state index in [1.807, 2.05) is 47.2 Å². The molecule has 1 aliphatic heterocycles. The number of amides is 2.